The Balaban J connectivity index is 1.74. The van der Waals surface area contributed by atoms with E-state index < -0.39 is 37.3 Å². The summed E-state index contributed by atoms with van der Waals surface area (Å²) < 4.78 is 11.4. The highest BCUT2D eigenvalue weighted by atomic mass is 16.7. The number of aliphatic hydroxyl groups is 5. The van der Waals surface area contributed by atoms with Gasteiger partial charge in [0.25, 0.3) is 0 Å². The SMILES string of the molecule is Cc1c(O)ccc2c1CCc1c(C)c(OC3OC(CO)C(O)C(O)C3O)cc(CO)c1-2. The third-order valence-electron chi connectivity index (χ3n) is 6.48. The Kier molecular flexibility index (Phi) is 5.95. The number of phenols is 1. The summed E-state index contributed by atoms with van der Waals surface area (Å²) >= 11 is 0. The van der Waals surface area contributed by atoms with Crippen LogP contribution in [0.3, 0.4) is 0 Å². The van der Waals surface area contributed by atoms with Crippen LogP contribution in [0.4, 0.5) is 0 Å². The molecule has 1 aliphatic carbocycles. The van der Waals surface area contributed by atoms with Gasteiger partial charge in [-0.3, -0.25) is 0 Å². The molecule has 31 heavy (non-hydrogen) atoms. The lowest BCUT2D eigenvalue weighted by atomic mass is 9.79. The van der Waals surface area contributed by atoms with Crippen LogP contribution < -0.4 is 4.74 Å². The van der Waals surface area contributed by atoms with E-state index in [-0.39, 0.29) is 12.4 Å². The van der Waals surface area contributed by atoms with Gasteiger partial charge in [0.05, 0.1) is 13.2 Å². The van der Waals surface area contributed by atoms with E-state index >= 15 is 0 Å². The molecular weight excluding hydrogens is 404 g/mol. The number of rotatable bonds is 4. The van der Waals surface area contributed by atoms with Crippen LogP contribution in [-0.2, 0) is 24.2 Å². The van der Waals surface area contributed by atoms with E-state index in [0.29, 0.717) is 17.7 Å². The summed E-state index contributed by atoms with van der Waals surface area (Å²) in [5.74, 6) is 0.623. The minimum absolute atomic E-state index is 0.243. The average molecular weight is 432 g/mol. The largest absolute Gasteiger partial charge is 0.508 e. The number of phenolic OH excluding ortho intramolecular Hbond substituents is 1. The van der Waals surface area contributed by atoms with Crippen molar-refractivity contribution in [3.63, 3.8) is 0 Å². The molecule has 2 aromatic rings. The molecule has 0 radical (unpaired) electrons. The van der Waals surface area contributed by atoms with E-state index in [2.05, 4.69) is 0 Å². The zero-order valence-corrected chi connectivity index (χ0v) is 17.4. The number of hydrogen-bond acceptors (Lipinski definition) is 8. The molecule has 0 amide bonds. The number of benzene rings is 2. The summed E-state index contributed by atoms with van der Waals surface area (Å²) in [5, 5.41) is 59.9. The van der Waals surface area contributed by atoms with Crippen molar-refractivity contribution >= 4 is 0 Å². The molecule has 0 aromatic heterocycles. The first-order chi connectivity index (χ1) is 14.8. The fourth-order valence-corrected chi connectivity index (χ4v) is 4.60. The zero-order chi connectivity index (χ0) is 22.4. The van der Waals surface area contributed by atoms with Gasteiger partial charge < -0.3 is 40.1 Å². The molecule has 0 bridgehead atoms. The van der Waals surface area contributed by atoms with Crippen molar-refractivity contribution in [3.05, 3.63) is 46.0 Å². The summed E-state index contributed by atoms with van der Waals surface area (Å²) in [6, 6.07) is 5.18. The Bertz CT molecular complexity index is 986. The van der Waals surface area contributed by atoms with Gasteiger partial charge in [-0.25, -0.2) is 0 Å². The monoisotopic (exact) mass is 432 g/mol. The molecule has 5 atom stereocenters. The summed E-state index contributed by atoms with van der Waals surface area (Å²) in [5.41, 5.74) is 6.17. The lowest BCUT2D eigenvalue weighted by molar-refractivity contribution is -0.277. The number of fused-ring (bicyclic) bond motifs is 3. The number of ether oxygens (including phenoxy) is 2. The Morgan fingerprint density at radius 3 is 2.35 bits per heavy atom. The van der Waals surface area contributed by atoms with Crippen molar-refractivity contribution in [3.8, 4) is 22.6 Å². The van der Waals surface area contributed by atoms with Gasteiger partial charge in [0.15, 0.2) is 0 Å². The van der Waals surface area contributed by atoms with Crippen LogP contribution in [0, 0.1) is 13.8 Å². The molecule has 5 unspecified atom stereocenters. The molecule has 2 aliphatic rings. The van der Waals surface area contributed by atoms with Gasteiger partial charge in [-0.05, 0) is 77.8 Å². The second-order valence-corrected chi connectivity index (χ2v) is 8.22. The van der Waals surface area contributed by atoms with Crippen molar-refractivity contribution in [2.75, 3.05) is 6.61 Å². The number of hydrogen-bond donors (Lipinski definition) is 6. The summed E-state index contributed by atoms with van der Waals surface area (Å²) in [6.45, 7) is 2.96. The molecule has 1 aliphatic heterocycles. The van der Waals surface area contributed by atoms with Gasteiger partial charge in [-0.2, -0.15) is 0 Å². The van der Waals surface area contributed by atoms with Crippen molar-refractivity contribution < 1.29 is 40.1 Å². The fraction of sp³-hybridized carbons (Fsp3) is 0.478. The van der Waals surface area contributed by atoms with Gasteiger partial charge in [0.2, 0.25) is 6.29 Å². The van der Waals surface area contributed by atoms with Gasteiger partial charge in [0.1, 0.15) is 35.9 Å². The minimum atomic E-state index is -1.53. The topological polar surface area (TPSA) is 140 Å². The van der Waals surface area contributed by atoms with E-state index in [1.54, 1.807) is 12.1 Å². The van der Waals surface area contributed by atoms with E-state index in [1.165, 1.54) is 0 Å². The molecule has 8 nitrogen and oxygen atoms in total. The second-order valence-electron chi connectivity index (χ2n) is 8.22. The van der Waals surface area contributed by atoms with Crippen LogP contribution in [0.1, 0.15) is 27.8 Å². The lowest BCUT2D eigenvalue weighted by Gasteiger charge is -2.40. The van der Waals surface area contributed by atoms with Crippen molar-refractivity contribution in [2.24, 2.45) is 0 Å². The quantitative estimate of drug-likeness (QED) is 0.409. The molecule has 0 saturated carbocycles. The molecule has 1 heterocycles. The maximum Gasteiger partial charge on any atom is 0.229 e. The molecule has 1 fully saturated rings. The van der Waals surface area contributed by atoms with Crippen molar-refractivity contribution in [1.29, 1.82) is 0 Å². The van der Waals surface area contributed by atoms with Crippen molar-refractivity contribution in [2.45, 2.75) is 64.0 Å². The smallest absolute Gasteiger partial charge is 0.229 e. The number of aromatic hydroxyl groups is 1. The average Bonchev–Trinajstić information content (AvgIpc) is 2.77. The third kappa shape index (κ3) is 3.59. The molecule has 6 N–H and O–H groups in total. The highest BCUT2D eigenvalue weighted by Crippen LogP contribution is 2.44. The minimum Gasteiger partial charge on any atom is -0.508 e. The molecule has 168 valence electrons. The van der Waals surface area contributed by atoms with Crippen molar-refractivity contribution in [1.82, 2.24) is 0 Å². The Morgan fingerprint density at radius 2 is 1.68 bits per heavy atom. The first-order valence-corrected chi connectivity index (χ1v) is 10.3. The van der Waals surface area contributed by atoms with E-state index in [9.17, 15) is 30.6 Å². The summed E-state index contributed by atoms with van der Waals surface area (Å²) in [6.07, 6.45) is -5.48. The molecule has 8 heteroatoms. The lowest BCUT2D eigenvalue weighted by Crippen LogP contribution is -2.60. The van der Waals surface area contributed by atoms with Gasteiger partial charge >= 0.3 is 0 Å². The van der Waals surface area contributed by atoms with Crippen LogP contribution in [0.2, 0.25) is 0 Å². The first-order valence-electron chi connectivity index (χ1n) is 10.3. The predicted molar refractivity (Wildman–Crippen MR) is 111 cm³/mol. The van der Waals surface area contributed by atoms with Crippen LogP contribution in [0.25, 0.3) is 11.1 Å². The second kappa shape index (κ2) is 8.38. The first kappa shape index (κ1) is 22.0. The molecule has 4 rings (SSSR count). The Morgan fingerprint density at radius 1 is 0.968 bits per heavy atom. The standard InChI is InChI=1S/C23H28O8/c1-10-13-3-4-14-11(2)17(7-12(8-24)19(14)15(13)5-6-16(10)26)30-23-22(29)21(28)20(27)18(9-25)31-23/h5-7,18,20-29H,3-4,8-9H2,1-2H3. The highest BCUT2D eigenvalue weighted by molar-refractivity contribution is 5.80. The van der Waals surface area contributed by atoms with E-state index in [4.69, 9.17) is 9.47 Å². The molecule has 2 aromatic carbocycles. The third-order valence-corrected chi connectivity index (χ3v) is 6.48. The molecular formula is C23H28O8. The number of aliphatic hydroxyl groups excluding tert-OH is 5. The van der Waals surface area contributed by atoms with Crippen LogP contribution in [0.15, 0.2) is 18.2 Å². The van der Waals surface area contributed by atoms with Crippen LogP contribution in [-0.4, -0.2) is 68.0 Å². The maximum atomic E-state index is 10.3. The Labute approximate surface area is 179 Å². The summed E-state index contributed by atoms with van der Waals surface area (Å²) in [7, 11) is 0. The van der Waals surface area contributed by atoms with Gasteiger partial charge in [-0.15, -0.1) is 0 Å². The van der Waals surface area contributed by atoms with Gasteiger partial charge in [-0.1, -0.05) is 6.07 Å². The summed E-state index contributed by atoms with van der Waals surface area (Å²) in [4.78, 5) is 0. The van der Waals surface area contributed by atoms with Crippen LogP contribution >= 0.6 is 0 Å². The maximum absolute atomic E-state index is 10.3. The van der Waals surface area contributed by atoms with Gasteiger partial charge in [0, 0.05) is 0 Å². The predicted octanol–water partition coefficient (Wildman–Crippen LogP) is 0.446. The molecule has 0 spiro atoms. The fourth-order valence-electron chi connectivity index (χ4n) is 4.60. The normalized spacial score (nSPS) is 27.5. The molecule has 1 saturated heterocycles. The highest BCUT2D eigenvalue weighted by Gasteiger charge is 2.45. The van der Waals surface area contributed by atoms with Crippen LogP contribution in [0.5, 0.6) is 11.5 Å². The Hall–Kier alpha value is -2.20. The van der Waals surface area contributed by atoms with E-state index in [0.717, 1.165) is 39.8 Å². The zero-order valence-electron chi connectivity index (χ0n) is 17.4. The van der Waals surface area contributed by atoms with E-state index in [1.807, 2.05) is 19.9 Å².